The largest absolute Gasteiger partial charge is 0.330 e. The molecular weight excluding hydrogens is 214 g/mol. The topological polar surface area (TPSA) is 58.7 Å². The van der Waals surface area contributed by atoms with Gasteiger partial charge in [0.2, 0.25) is 0 Å². The van der Waals surface area contributed by atoms with E-state index in [1.807, 2.05) is 6.92 Å². The van der Waals surface area contributed by atoms with Crippen LogP contribution in [0.15, 0.2) is 5.10 Å². The molecule has 0 saturated heterocycles. The first-order valence-corrected chi connectivity index (χ1v) is 6.82. The monoisotopic (exact) mass is 237 g/mol. The molecule has 1 heterocycles. The molecule has 1 amide bonds. The molecule has 0 aromatic heterocycles. The van der Waals surface area contributed by atoms with Crippen molar-refractivity contribution in [2.75, 3.05) is 6.54 Å². The summed E-state index contributed by atoms with van der Waals surface area (Å²) in [5.41, 5.74) is 6.50. The Morgan fingerprint density at radius 2 is 1.94 bits per heavy atom. The van der Waals surface area contributed by atoms with Crippen molar-refractivity contribution in [2.24, 2.45) is 16.8 Å². The quantitative estimate of drug-likeness (QED) is 0.762. The van der Waals surface area contributed by atoms with Crippen molar-refractivity contribution >= 4 is 11.6 Å². The molecule has 0 spiro atoms. The highest BCUT2D eigenvalue weighted by Crippen LogP contribution is 2.28. The summed E-state index contributed by atoms with van der Waals surface area (Å²) in [7, 11) is 0. The van der Waals surface area contributed by atoms with Crippen LogP contribution in [0.2, 0.25) is 0 Å². The molecule has 0 aromatic carbocycles. The van der Waals surface area contributed by atoms with Crippen LogP contribution in [0, 0.1) is 5.92 Å². The summed E-state index contributed by atoms with van der Waals surface area (Å²) in [6.07, 6.45) is 8.00. The van der Waals surface area contributed by atoms with Crippen LogP contribution in [0.4, 0.5) is 0 Å². The van der Waals surface area contributed by atoms with E-state index >= 15 is 0 Å². The highest BCUT2D eigenvalue weighted by molar-refractivity contribution is 6.06. The number of amides is 1. The molecule has 17 heavy (non-hydrogen) atoms. The molecule has 1 saturated carbocycles. The fourth-order valence-corrected chi connectivity index (χ4v) is 2.89. The van der Waals surface area contributed by atoms with Gasteiger partial charge in [-0.3, -0.25) is 4.79 Å². The maximum atomic E-state index is 12.3. The van der Waals surface area contributed by atoms with Gasteiger partial charge in [-0.15, -0.1) is 0 Å². The van der Waals surface area contributed by atoms with E-state index in [9.17, 15) is 4.79 Å². The van der Waals surface area contributed by atoms with Gasteiger partial charge < -0.3 is 5.73 Å². The van der Waals surface area contributed by atoms with Crippen molar-refractivity contribution in [1.29, 1.82) is 0 Å². The number of rotatable bonds is 3. The maximum Gasteiger partial charge on any atom is 0.251 e. The van der Waals surface area contributed by atoms with Crippen molar-refractivity contribution in [3.8, 4) is 0 Å². The van der Waals surface area contributed by atoms with Gasteiger partial charge in [0.15, 0.2) is 0 Å². The number of nitrogens with two attached hydrogens (primary N) is 1. The predicted molar refractivity (Wildman–Crippen MR) is 68.6 cm³/mol. The van der Waals surface area contributed by atoms with E-state index in [0.717, 1.165) is 25.0 Å². The molecule has 0 aromatic rings. The molecule has 4 nitrogen and oxygen atoms in total. The summed E-state index contributed by atoms with van der Waals surface area (Å²) in [6.45, 7) is 2.51. The number of nitrogens with zero attached hydrogens (tertiary/aromatic N) is 2. The Labute approximate surface area is 103 Å². The third-order valence-electron chi connectivity index (χ3n) is 3.92. The first kappa shape index (κ1) is 12.6. The van der Waals surface area contributed by atoms with E-state index in [0.29, 0.717) is 12.6 Å². The molecule has 2 rings (SSSR count). The van der Waals surface area contributed by atoms with Crippen molar-refractivity contribution in [3.63, 3.8) is 0 Å². The molecule has 1 aliphatic heterocycles. The second-order valence-electron chi connectivity index (χ2n) is 5.20. The van der Waals surface area contributed by atoms with Crippen LogP contribution < -0.4 is 5.73 Å². The van der Waals surface area contributed by atoms with Crippen LogP contribution in [-0.4, -0.2) is 29.2 Å². The third-order valence-corrected chi connectivity index (χ3v) is 3.92. The molecular formula is C13H23N3O. The van der Waals surface area contributed by atoms with Gasteiger partial charge in [0.05, 0.1) is 12.0 Å². The van der Waals surface area contributed by atoms with Crippen molar-refractivity contribution in [2.45, 2.75) is 57.9 Å². The van der Waals surface area contributed by atoms with Crippen molar-refractivity contribution < 1.29 is 4.79 Å². The summed E-state index contributed by atoms with van der Waals surface area (Å²) in [5, 5.41) is 6.24. The SMILES string of the molecule is CC1=NN(C2CCCCCC2)C(=O)C1CCN. The second kappa shape index (κ2) is 5.63. The summed E-state index contributed by atoms with van der Waals surface area (Å²) >= 11 is 0. The van der Waals surface area contributed by atoms with Gasteiger partial charge in [-0.2, -0.15) is 5.10 Å². The van der Waals surface area contributed by atoms with Gasteiger partial charge in [0, 0.05) is 5.71 Å². The molecule has 1 aliphatic carbocycles. The lowest BCUT2D eigenvalue weighted by atomic mass is 9.99. The van der Waals surface area contributed by atoms with Crippen LogP contribution in [-0.2, 0) is 4.79 Å². The van der Waals surface area contributed by atoms with Gasteiger partial charge in [-0.05, 0) is 32.7 Å². The minimum absolute atomic E-state index is 0.0525. The molecule has 1 fully saturated rings. The first-order chi connectivity index (χ1) is 8.24. The normalized spacial score (nSPS) is 27.2. The Kier molecular flexibility index (Phi) is 4.15. The Hall–Kier alpha value is -0.900. The standard InChI is InChI=1S/C13H23N3O/c1-10-12(8-9-14)13(17)16(15-10)11-6-4-2-3-5-7-11/h11-12H,2-9,14H2,1H3. The van der Waals surface area contributed by atoms with Gasteiger partial charge in [-0.25, -0.2) is 5.01 Å². The molecule has 2 aliphatic rings. The highest BCUT2D eigenvalue weighted by Gasteiger charge is 2.36. The lowest BCUT2D eigenvalue weighted by Gasteiger charge is -2.24. The lowest BCUT2D eigenvalue weighted by Crippen LogP contribution is -2.36. The zero-order valence-corrected chi connectivity index (χ0v) is 10.7. The zero-order valence-electron chi connectivity index (χ0n) is 10.7. The van der Waals surface area contributed by atoms with Crippen molar-refractivity contribution in [3.05, 3.63) is 0 Å². The summed E-state index contributed by atoms with van der Waals surface area (Å²) in [6, 6.07) is 0.336. The van der Waals surface area contributed by atoms with Gasteiger partial charge in [0.1, 0.15) is 0 Å². The van der Waals surface area contributed by atoms with E-state index in [2.05, 4.69) is 5.10 Å². The third kappa shape index (κ3) is 2.68. The number of hydrogen-bond acceptors (Lipinski definition) is 3. The van der Waals surface area contributed by atoms with E-state index in [4.69, 9.17) is 5.73 Å². The van der Waals surface area contributed by atoms with Crippen LogP contribution in [0.25, 0.3) is 0 Å². The molecule has 0 bridgehead atoms. The van der Waals surface area contributed by atoms with E-state index in [-0.39, 0.29) is 11.8 Å². The van der Waals surface area contributed by atoms with Crippen LogP contribution in [0.3, 0.4) is 0 Å². The zero-order chi connectivity index (χ0) is 12.3. The Morgan fingerprint density at radius 1 is 1.29 bits per heavy atom. The summed E-state index contributed by atoms with van der Waals surface area (Å²) in [5.74, 6) is 0.128. The summed E-state index contributed by atoms with van der Waals surface area (Å²) in [4.78, 5) is 12.3. The predicted octanol–water partition coefficient (Wildman–Crippen LogP) is 1.89. The minimum atomic E-state index is -0.0525. The lowest BCUT2D eigenvalue weighted by molar-refractivity contribution is -0.134. The number of hydrogen-bond donors (Lipinski definition) is 1. The smallest absolute Gasteiger partial charge is 0.251 e. The Balaban J connectivity index is 2.04. The van der Waals surface area contributed by atoms with Crippen LogP contribution >= 0.6 is 0 Å². The fraction of sp³-hybridized carbons (Fsp3) is 0.846. The second-order valence-corrected chi connectivity index (χ2v) is 5.20. The Bertz CT molecular complexity index is 306. The molecule has 0 radical (unpaired) electrons. The molecule has 96 valence electrons. The van der Waals surface area contributed by atoms with E-state index in [1.165, 1.54) is 25.7 Å². The average molecular weight is 237 g/mol. The molecule has 1 unspecified atom stereocenters. The minimum Gasteiger partial charge on any atom is -0.330 e. The summed E-state index contributed by atoms with van der Waals surface area (Å²) < 4.78 is 0. The highest BCUT2D eigenvalue weighted by atomic mass is 16.2. The Morgan fingerprint density at radius 3 is 2.53 bits per heavy atom. The number of carbonyl (C=O) groups excluding carboxylic acids is 1. The first-order valence-electron chi connectivity index (χ1n) is 6.82. The average Bonchev–Trinajstić information content (AvgIpc) is 2.55. The van der Waals surface area contributed by atoms with Gasteiger partial charge >= 0.3 is 0 Å². The molecule has 2 N–H and O–H groups in total. The number of carbonyl (C=O) groups is 1. The van der Waals surface area contributed by atoms with E-state index < -0.39 is 0 Å². The van der Waals surface area contributed by atoms with Crippen molar-refractivity contribution in [1.82, 2.24) is 5.01 Å². The van der Waals surface area contributed by atoms with Crippen LogP contribution in [0.1, 0.15) is 51.9 Å². The molecule has 1 atom stereocenters. The fourth-order valence-electron chi connectivity index (χ4n) is 2.89. The van der Waals surface area contributed by atoms with E-state index in [1.54, 1.807) is 5.01 Å². The van der Waals surface area contributed by atoms with Gasteiger partial charge in [0.25, 0.3) is 5.91 Å². The van der Waals surface area contributed by atoms with Gasteiger partial charge in [-0.1, -0.05) is 25.7 Å². The number of hydrazone groups is 1. The molecule has 4 heteroatoms. The maximum absolute atomic E-state index is 12.3. The van der Waals surface area contributed by atoms with Crippen LogP contribution in [0.5, 0.6) is 0 Å².